The summed E-state index contributed by atoms with van der Waals surface area (Å²) in [5.41, 5.74) is -1.08. The second-order valence-corrected chi connectivity index (χ2v) is 5.45. The Morgan fingerprint density at radius 2 is 1.71 bits per heavy atom. The van der Waals surface area contributed by atoms with Crippen molar-refractivity contribution in [3.05, 3.63) is 17.0 Å². The number of rotatable bonds is 2. The number of aliphatic hydroxyl groups is 1. The molecule has 3 rings (SSSR count). The van der Waals surface area contributed by atoms with E-state index < -0.39 is 17.2 Å². The molecule has 0 unspecified atom stereocenters. The molecule has 0 radical (unpaired) electrons. The van der Waals surface area contributed by atoms with Gasteiger partial charge in [0.15, 0.2) is 5.69 Å². The van der Waals surface area contributed by atoms with E-state index in [2.05, 4.69) is 9.97 Å². The van der Waals surface area contributed by atoms with E-state index in [1.54, 1.807) is 0 Å². The van der Waals surface area contributed by atoms with Gasteiger partial charge in [0.2, 0.25) is 11.2 Å². The molecular formula is C13H16ClF3N2O2. The van der Waals surface area contributed by atoms with Gasteiger partial charge in [-0.3, -0.25) is 0 Å². The highest BCUT2D eigenvalue weighted by Gasteiger charge is 2.34. The first-order valence-electron chi connectivity index (χ1n) is 6.81. The standard InChI is InChI=1S/C9H8ClF3N2O.C4H8O/c10-8-14-6(9(11,12)13)4-7(15-8)16-5-2-1-3-5;5-4-2-1-3-4/h4-5H,1-3H2;4-5H,1-3H2. The maximum absolute atomic E-state index is 12.4. The highest BCUT2D eigenvalue weighted by Crippen LogP contribution is 2.31. The van der Waals surface area contributed by atoms with E-state index in [1.807, 2.05) is 0 Å². The average Bonchev–Trinajstić information content (AvgIpc) is 2.30. The van der Waals surface area contributed by atoms with E-state index in [0.717, 1.165) is 38.2 Å². The number of aliphatic hydroxyl groups excluding tert-OH is 1. The summed E-state index contributed by atoms with van der Waals surface area (Å²) in [7, 11) is 0. The molecule has 1 N–H and O–H groups in total. The maximum atomic E-state index is 12.4. The van der Waals surface area contributed by atoms with Crippen LogP contribution in [0.4, 0.5) is 13.2 Å². The van der Waals surface area contributed by atoms with Gasteiger partial charge in [-0.25, -0.2) is 4.98 Å². The molecule has 0 spiro atoms. The zero-order chi connectivity index (χ0) is 15.5. The first-order valence-corrected chi connectivity index (χ1v) is 7.19. The third-order valence-electron chi connectivity index (χ3n) is 3.38. The smallest absolute Gasteiger partial charge is 0.433 e. The lowest BCUT2D eigenvalue weighted by Gasteiger charge is -2.25. The van der Waals surface area contributed by atoms with Crippen LogP contribution < -0.4 is 4.74 Å². The molecule has 0 atom stereocenters. The summed E-state index contributed by atoms with van der Waals surface area (Å²) >= 11 is 5.40. The number of hydrogen-bond donors (Lipinski definition) is 1. The largest absolute Gasteiger partial charge is 0.474 e. The average molecular weight is 325 g/mol. The van der Waals surface area contributed by atoms with Crippen LogP contribution in [0.1, 0.15) is 44.2 Å². The number of halogens is 4. The molecule has 2 aliphatic rings. The van der Waals surface area contributed by atoms with Crippen LogP contribution in [0.5, 0.6) is 5.88 Å². The molecule has 0 amide bonds. The summed E-state index contributed by atoms with van der Waals surface area (Å²) in [6.07, 6.45) is 1.49. The topological polar surface area (TPSA) is 55.2 Å². The van der Waals surface area contributed by atoms with E-state index in [-0.39, 0.29) is 18.1 Å². The van der Waals surface area contributed by atoms with Crippen LogP contribution in [0.2, 0.25) is 5.28 Å². The fourth-order valence-electron chi connectivity index (χ4n) is 1.65. The molecule has 1 heterocycles. The first kappa shape index (κ1) is 16.3. The fourth-order valence-corrected chi connectivity index (χ4v) is 1.82. The van der Waals surface area contributed by atoms with Crippen molar-refractivity contribution >= 4 is 11.6 Å². The van der Waals surface area contributed by atoms with Crippen LogP contribution in [0.25, 0.3) is 0 Å². The van der Waals surface area contributed by atoms with E-state index in [1.165, 1.54) is 6.42 Å². The summed E-state index contributed by atoms with van der Waals surface area (Å²) in [5, 5.41) is 7.99. The second kappa shape index (κ2) is 6.79. The Labute approximate surface area is 125 Å². The van der Waals surface area contributed by atoms with Gasteiger partial charge in [0.05, 0.1) is 6.10 Å². The quantitative estimate of drug-likeness (QED) is 0.844. The van der Waals surface area contributed by atoms with Gasteiger partial charge in [0, 0.05) is 6.07 Å². The molecule has 2 fully saturated rings. The number of aromatic nitrogens is 2. The van der Waals surface area contributed by atoms with Gasteiger partial charge < -0.3 is 9.84 Å². The van der Waals surface area contributed by atoms with Crippen molar-refractivity contribution in [1.82, 2.24) is 9.97 Å². The Morgan fingerprint density at radius 1 is 1.14 bits per heavy atom. The molecule has 8 heteroatoms. The lowest BCUT2D eigenvalue weighted by molar-refractivity contribution is -0.141. The molecule has 0 bridgehead atoms. The fraction of sp³-hybridized carbons (Fsp3) is 0.692. The Hall–Kier alpha value is -1.08. The van der Waals surface area contributed by atoms with Crippen molar-refractivity contribution in [2.75, 3.05) is 0 Å². The number of nitrogens with zero attached hydrogens (tertiary/aromatic N) is 2. The van der Waals surface area contributed by atoms with Gasteiger partial charge >= 0.3 is 6.18 Å². The Kier molecular flexibility index (Phi) is 5.27. The molecule has 118 valence electrons. The second-order valence-electron chi connectivity index (χ2n) is 5.11. The molecule has 2 aliphatic carbocycles. The molecule has 4 nitrogen and oxygen atoms in total. The molecule has 1 aromatic heterocycles. The van der Waals surface area contributed by atoms with Gasteiger partial charge in [-0.15, -0.1) is 0 Å². The van der Waals surface area contributed by atoms with Crippen molar-refractivity contribution in [3.8, 4) is 5.88 Å². The van der Waals surface area contributed by atoms with Crippen LogP contribution in [0.3, 0.4) is 0 Å². The molecule has 0 saturated heterocycles. The first-order chi connectivity index (χ1) is 9.84. The van der Waals surface area contributed by atoms with Crippen LogP contribution in [-0.2, 0) is 6.18 Å². The zero-order valence-electron chi connectivity index (χ0n) is 11.2. The monoisotopic (exact) mass is 324 g/mol. The predicted molar refractivity (Wildman–Crippen MR) is 70.2 cm³/mol. The van der Waals surface area contributed by atoms with Crippen LogP contribution in [-0.4, -0.2) is 27.3 Å². The molecule has 0 aliphatic heterocycles. The summed E-state index contributed by atoms with van der Waals surface area (Å²) < 4.78 is 42.4. The van der Waals surface area contributed by atoms with E-state index >= 15 is 0 Å². The SMILES string of the molecule is FC(F)(F)c1cc(OC2CCC2)nc(Cl)n1.OC1CCC1. The molecule has 2 saturated carbocycles. The highest BCUT2D eigenvalue weighted by molar-refractivity contribution is 6.28. The number of alkyl halides is 3. The van der Waals surface area contributed by atoms with Gasteiger partial charge in [0.25, 0.3) is 0 Å². The van der Waals surface area contributed by atoms with Gasteiger partial charge in [-0.05, 0) is 50.1 Å². The molecule has 1 aromatic rings. The summed E-state index contributed by atoms with van der Waals surface area (Å²) in [4.78, 5) is 6.71. The van der Waals surface area contributed by atoms with Crippen molar-refractivity contribution in [2.24, 2.45) is 0 Å². The Bertz CT molecular complexity index is 477. The Morgan fingerprint density at radius 3 is 2.10 bits per heavy atom. The lowest BCUT2D eigenvalue weighted by atomic mass is 9.96. The third kappa shape index (κ3) is 5.00. The number of ether oxygens (including phenoxy) is 1. The summed E-state index contributed by atoms with van der Waals surface area (Å²) in [5.74, 6) is -0.114. The van der Waals surface area contributed by atoms with Crippen molar-refractivity contribution in [2.45, 2.75) is 56.9 Å². The summed E-state index contributed by atoms with van der Waals surface area (Å²) in [6, 6.07) is 0.768. The van der Waals surface area contributed by atoms with E-state index in [0.29, 0.717) is 0 Å². The van der Waals surface area contributed by atoms with Crippen LogP contribution in [0.15, 0.2) is 6.07 Å². The van der Waals surface area contributed by atoms with Crippen LogP contribution in [0, 0.1) is 0 Å². The van der Waals surface area contributed by atoms with Gasteiger partial charge in [-0.1, -0.05) is 0 Å². The van der Waals surface area contributed by atoms with Crippen molar-refractivity contribution in [3.63, 3.8) is 0 Å². The zero-order valence-corrected chi connectivity index (χ0v) is 12.0. The van der Waals surface area contributed by atoms with Gasteiger partial charge in [0.1, 0.15) is 6.10 Å². The van der Waals surface area contributed by atoms with Crippen LogP contribution >= 0.6 is 11.6 Å². The third-order valence-corrected chi connectivity index (χ3v) is 3.55. The predicted octanol–water partition coefficient (Wildman–Crippen LogP) is 3.61. The minimum Gasteiger partial charge on any atom is -0.474 e. The van der Waals surface area contributed by atoms with E-state index in [4.69, 9.17) is 21.4 Å². The summed E-state index contributed by atoms with van der Waals surface area (Å²) in [6.45, 7) is 0. The maximum Gasteiger partial charge on any atom is 0.433 e. The molecular weight excluding hydrogens is 309 g/mol. The Balaban J connectivity index is 0.000000272. The lowest BCUT2D eigenvalue weighted by Crippen LogP contribution is -2.25. The normalized spacial score (nSPS) is 19.1. The molecule has 21 heavy (non-hydrogen) atoms. The minimum atomic E-state index is -4.54. The van der Waals surface area contributed by atoms with Gasteiger partial charge in [-0.2, -0.15) is 18.2 Å². The molecule has 0 aromatic carbocycles. The highest BCUT2D eigenvalue weighted by atomic mass is 35.5. The van der Waals surface area contributed by atoms with Crippen molar-refractivity contribution in [1.29, 1.82) is 0 Å². The van der Waals surface area contributed by atoms with Crippen molar-refractivity contribution < 1.29 is 23.0 Å². The van der Waals surface area contributed by atoms with E-state index in [9.17, 15) is 13.2 Å². The number of hydrogen-bond acceptors (Lipinski definition) is 4. The minimum absolute atomic E-state index is 0.0490.